The number of nitrogens with one attached hydrogen (secondary N) is 1. The van der Waals surface area contributed by atoms with E-state index in [1.165, 1.54) is 0 Å². The van der Waals surface area contributed by atoms with Crippen molar-refractivity contribution in [3.8, 4) is 0 Å². The van der Waals surface area contributed by atoms with Gasteiger partial charge in [0.1, 0.15) is 0 Å². The van der Waals surface area contributed by atoms with Gasteiger partial charge in [-0.05, 0) is 38.0 Å². The van der Waals surface area contributed by atoms with Gasteiger partial charge in [0, 0.05) is 0 Å². The van der Waals surface area contributed by atoms with E-state index in [9.17, 15) is 9.59 Å². The molecule has 0 aliphatic heterocycles. The quantitative estimate of drug-likeness (QED) is 0.761. The van der Waals surface area contributed by atoms with Crippen LogP contribution in [-0.2, 0) is 19.7 Å². The lowest BCUT2D eigenvalue weighted by Crippen LogP contribution is -2.33. The molecule has 0 fully saturated rings. The van der Waals surface area contributed by atoms with Gasteiger partial charge >= 0.3 is 5.97 Å². The largest absolute Gasteiger partial charge is 0.455 e. The number of carbonyl (C=O) groups is 2. The smallest absolute Gasteiger partial charge is 0.316 e. The van der Waals surface area contributed by atoms with Crippen LogP contribution in [0.25, 0.3) is 0 Å². The van der Waals surface area contributed by atoms with Crippen molar-refractivity contribution in [3.05, 3.63) is 63.6 Å². The molecule has 1 amide bonds. The molecule has 0 saturated heterocycles. The molecule has 0 saturated carbocycles. The number of hydrogen-bond donors (Lipinski definition) is 1. The summed E-state index contributed by atoms with van der Waals surface area (Å²) in [5, 5.41) is 3.26. The summed E-state index contributed by atoms with van der Waals surface area (Å²) >= 11 is 12.2. The maximum Gasteiger partial charge on any atom is 0.316 e. The number of anilines is 1. The van der Waals surface area contributed by atoms with Gasteiger partial charge in [-0.2, -0.15) is 0 Å². The molecular formula is C19H19Cl2NO3. The number of hydrogen-bond acceptors (Lipinski definition) is 3. The van der Waals surface area contributed by atoms with Gasteiger partial charge in [-0.1, -0.05) is 59.6 Å². The zero-order chi connectivity index (χ0) is 18.6. The fraction of sp³-hybridized carbons (Fsp3) is 0.263. The fourth-order valence-electron chi connectivity index (χ4n) is 2.23. The molecule has 0 radical (unpaired) electrons. The first-order valence-electron chi connectivity index (χ1n) is 7.70. The number of benzene rings is 2. The highest BCUT2D eigenvalue weighted by Crippen LogP contribution is 2.32. The Bertz CT molecular complexity index is 789. The van der Waals surface area contributed by atoms with Gasteiger partial charge in [-0.25, -0.2) is 0 Å². The molecule has 132 valence electrons. The third-order valence-corrected chi connectivity index (χ3v) is 4.69. The molecule has 0 bridgehead atoms. The van der Waals surface area contributed by atoms with Crippen LogP contribution in [0.15, 0.2) is 42.5 Å². The summed E-state index contributed by atoms with van der Waals surface area (Å²) in [5.41, 5.74) is 1.04. The van der Waals surface area contributed by atoms with E-state index in [1.807, 2.05) is 30.3 Å². The van der Waals surface area contributed by atoms with Crippen molar-refractivity contribution in [1.29, 1.82) is 0 Å². The Morgan fingerprint density at radius 1 is 1.08 bits per heavy atom. The molecule has 2 aromatic rings. The summed E-state index contributed by atoms with van der Waals surface area (Å²) in [5.74, 6) is -0.998. The Kier molecular flexibility index (Phi) is 6.09. The molecule has 2 aromatic carbocycles. The lowest BCUT2D eigenvalue weighted by atomic mass is 9.85. The van der Waals surface area contributed by atoms with Crippen molar-refractivity contribution >= 4 is 40.8 Å². The van der Waals surface area contributed by atoms with Gasteiger partial charge in [-0.3, -0.25) is 9.59 Å². The van der Waals surface area contributed by atoms with Crippen molar-refractivity contribution < 1.29 is 14.3 Å². The van der Waals surface area contributed by atoms with Crippen LogP contribution in [0.2, 0.25) is 10.0 Å². The van der Waals surface area contributed by atoms with Crippen LogP contribution in [0.3, 0.4) is 0 Å². The van der Waals surface area contributed by atoms with E-state index in [-0.39, 0.29) is 0 Å². The minimum absolute atomic E-state index is 0.312. The van der Waals surface area contributed by atoms with E-state index >= 15 is 0 Å². The maximum absolute atomic E-state index is 12.4. The molecule has 4 nitrogen and oxygen atoms in total. The van der Waals surface area contributed by atoms with Gasteiger partial charge < -0.3 is 10.1 Å². The minimum atomic E-state index is -0.861. The number of esters is 1. The summed E-state index contributed by atoms with van der Waals surface area (Å²) in [4.78, 5) is 24.4. The highest BCUT2D eigenvalue weighted by atomic mass is 35.5. The first-order valence-corrected chi connectivity index (χ1v) is 8.46. The van der Waals surface area contributed by atoms with E-state index in [1.54, 1.807) is 32.9 Å². The van der Waals surface area contributed by atoms with Crippen LogP contribution >= 0.6 is 23.2 Å². The lowest BCUT2D eigenvalue weighted by molar-refractivity contribution is -0.152. The third-order valence-electron chi connectivity index (χ3n) is 3.89. The van der Waals surface area contributed by atoms with E-state index < -0.39 is 23.9 Å². The Hall–Kier alpha value is -2.04. The summed E-state index contributed by atoms with van der Waals surface area (Å²) in [6.45, 7) is 4.88. The zero-order valence-electron chi connectivity index (χ0n) is 14.2. The average Bonchev–Trinajstić information content (AvgIpc) is 2.60. The van der Waals surface area contributed by atoms with Crippen LogP contribution < -0.4 is 5.32 Å². The van der Waals surface area contributed by atoms with Crippen LogP contribution in [0, 0.1) is 6.92 Å². The highest BCUT2D eigenvalue weighted by Gasteiger charge is 2.31. The van der Waals surface area contributed by atoms with Crippen molar-refractivity contribution in [1.82, 2.24) is 0 Å². The maximum atomic E-state index is 12.4. The van der Waals surface area contributed by atoms with Gasteiger partial charge in [-0.15, -0.1) is 0 Å². The number of ether oxygens (including phenoxy) is 1. The summed E-state index contributed by atoms with van der Waals surface area (Å²) in [6, 6.07) is 12.6. The van der Waals surface area contributed by atoms with E-state index in [4.69, 9.17) is 27.9 Å². The van der Waals surface area contributed by atoms with Crippen molar-refractivity contribution in [2.75, 3.05) is 11.9 Å². The molecule has 0 atom stereocenters. The monoisotopic (exact) mass is 379 g/mol. The SMILES string of the molecule is Cc1ccc(Cl)c(NC(=O)COC(=O)C(C)(C)c2ccccc2)c1Cl. The van der Waals surface area contributed by atoms with E-state index in [0.29, 0.717) is 15.7 Å². The second-order valence-electron chi connectivity index (χ2n) is 6.17. The lowest BCUT2D eigenvalue weighted by Gasteiger charge is -2.23. The van der Waals surface area contributed by atoms with Crippen LogP contribution in [-0.4, -0.2) is 18.5 Å². The summed E-state index contributed by atoms with van der Waals surface area (Å²) < 4.78 is 5.17. The van der Waals surface area contributed by atoms with E-state index in [0.717, 1.165) is 11.1 Å². The molecule has 1 N–H and O–H groups in total. The summed E-state index contributed by atoms with van der Waals surface area (Å²) in [7, 11) is 0. The second kappa shape index (κ2) is 7.89. The van der Waals surface area contributed by atoms with Crippen LogP contribution in [0.1, 0.15) is 25.0 Å². The number of halogens is 2. The fourth-order valence-corrected chi connectivity index (χ4v) is 2.70. The Morgan fingerprint density at radius 3 is 2.36 bits per heavy atom. The van der Waals surface area contributed by atoms with Crippen LogP contribution in [0.4, 0.5) is 5.69 Å². The molecule has 0 aliphatic carbocycles. The Balaban J connectivity index is 2.01. The highest BCUT2D eigenvalue weighted by molar-refractivity contribution is 6.40. The van der Waals surface area contributed by atoms with Gasteiger partial charge in [0.25, 0.3) is 5.91 Å². The number of aryl methyl sites for hydroxylation is 1. The second-order valence-corrected chi connectivity index (χ2v) is 6.95. The predicted octanol–water partition coefficient (Wildman–Crippen LogP) is 4.76. The van der Waals surface area contributed by atoms with Crippen LogP contribution in [0.5, 0.6) is 0 Å². The molecule has 0 unspecified atom stereocenters. The normalized spacial score (nSPS) is 11.1. The Morgan fingerprint density at radius 2 is 1.72 bits per heavy atom. The standard InChI is InChI=1S/C19H19Cl2NO3/c1-12-9-10-14(20)17(16(12)21)22-15(23)11-25-18(24)19(2,3)13-7-5-4-6-8-13/h4-10H,11H2,1-3H3,(H,22,23). The molecule has 0 spiro atoms. The van der Waals surface area contributed by atoms with Crippen molar-refractivity contribution in [2.45, 2.75) is 26.2 Å². The average molecular weight is 380 g/mol. The molecule has 2 rings (SSSR count). The van der Waals surface area contributed by atoms with Gasteiger partial charge in [0.2, 0.25) is 0 Å². The Labute approximate surface area is 157 Å². The van der Waals surface area contributed by atoms with Crippen molar-refractivity contribution in [3.63, 3.8) is 0 Å². The molecule has 0 heterocycles. The first kappa shape index (κ1) is 19.3. The molecular weight excluding hydrogens is 361 g/mol. The molecule has 0 aliphatic rings. The zero-order valence-corrected chi connectivity index (χ0v) is 15.7. The topological polar surface area (TPSA) is 55.4 Å². The van der Waals surface area contributed by atoms with Gasteiger partial charge in [0.15, 0.2) is 6.61 Å². The number of amides is 1. The predicted molar refractivity (Wildman–Crippen MR) is 100 cm³/mol. The van der Waals surface area contributed by atoms with Crippen molar-refractivity contribution in [2.24, 2.45) is 0 Å². The first-order chi connectivity index (χ1) is 11.7. The van der Waals surface area contributed by atoms with Gasteiger partial charge in [0.05, 0.1) is 21.1 Å². The molecule has 6 heteroatoms. The van der Waals surface area contributed by atoms with E-state index in [2.05, 4.69) is 5.32 Å². The third kappa shape index (κ3) is 4.53. The molecule has 25 heavy (non-hydrogen) atoms. The number of carbonyl (C=O) groups excluding carboxylic acids is 2. The number of rotatable bonds is 5. The summed E-state index contributed by atoms with van der Waals surface area (Å²) in [6.07, 6.45) is 0. The molecule has 0 aromatic heterocycles. The minimum Gasteiger partial charge on any atom is -0.455 e.